The van der Waals surface area contributed by atoms with E-state index in [-0.39, 0.29) is 18.4 Å². The highest BCUT2D eigenvalue weighted by atomic mass is 35.5. The molecule has 2 heterocycles. The maximum atomic E-state index is 9.64. The number of nitriles is 1. The van der Waals surface area contributed by atoms with Crippen LogP contribution in [-0.4, -0.2) is 47.7 Å². The molecular weight excluding hydrogens is 476 g/mol. The van der Waals surface area contributed by atoms with E-state index in [1.165, 1.54) is 6.20 Å². The Kier molecular flexibility index (Phi) is 10.3. The molecule has 1 N–H and O–H groups in total. The number of hydrogen-bond donors (Lipinski definition) is 1. The quantitative estimate of drug-likeness (QED) is 0.339. The summed E-state index contributed by atoms with van der Waals surface area (Å²) in [6.45, 7) is 8.76. The first-order valence-electron chi connectivity index (χ1n) is 12.2. The SMILES string of the molecule is CCN(CC)CCCOc1ccc(Nc2ncc(C#N)c(N3OCCC3c3ccccc3)n2)cc1.Cl. The van der Waals surface area contributed by atoms with Gasteiger partial charge < -0.3 is 15.0 Å². The Morgan fingerprint density at radius 3 is 2.58 bits per heavy atom. The largest absolute Gasteiger partial charge is 0.494 e. The first kappa shape index (κ1) is 27.2. The molecule has 9 heteroatoms. The fraction of sp³-hybridized carbons (Fsp3) is 0.370. The van der Waals surface area contributed by atoms with Gasteiger partial charge in [0.25, 0.3) is 0 Å². The summed E-state index contributed by atoms with van der Waals surface area (Å²) in [6.07, 6.45) is 3.34. The zero-order valence-electron chi connectivity index (χ0n) is 20.8. The van der Waals surface area contributed by atoms with Crippen molar-refractivity contribution in [3.05, 3.63) is 71.9 Å². The van der Waals surface area contributed by atoms with Crippen molar-refractivity contribution >= 4 is 29.9 Å². The number of rotatable bonds is 11. The molecule has 190 valence electrons. The van der Waals surface area contributed by atoms with E-state index in [1.807, 2.05) is 42.5 Å². The standard InChI is InChI=1S/C27H32N6O2.ClH/c1-3-32(4-2)16-8-17-34-24-13-11-23(12-14-24)30-27-29-20-22(19-28)26(31-27)33-25(15-18-35-33)21-9-6-5-7-10-21;/h5-7,9-14,20,25H,3-4,8,15-18H2,1-2H3,(H,29,30,31);1H. The Hall–Kier alpha value is -3.38. The average molecular weight is 509 g/mol. The van der Waals surface area contributed by atoms with Gasteiger partial charge in [-0.25, -0.2) is 10.0 Å². The first-order chi connectivity index (χ1) is 17.2. The van der Waals surface area contributed by atoms with Gasteiger partial charge in [-0.15, -0.1) is 12.4 Å². The Labute approximate surface area is 219 Å². The van der Waals surface area contributed by atoms with Gasteiger partial charge in [0.15, 0.2) is 5.82 Å². The summed E-state index contributed by atoms with van der Waals surface area (Å²) in [5.74, 6) is 1.69. The van der Waals surface area contributed by atoms with Crippen molar-refractivity contribution in [2.24, 2.45) is 0 Å². The minimum absolute atomic E-state index is 0. The van der Waals surface area contributed by atoms with Crippen molar-refractivity contribution in [2.75, 3.05) is 43.2 Å². The Balaban J connectivity index is 0.00000361. The van der Waals surface area contributed by atoms with Gasteiger partial charge in [-0.3, -0.25) is 4.84 Å². The number of aromatic nitrogens is 2. The van der Waals surface area contributed by atoms with Crippen LogP contribution in [0.3, 0.4) is 0 Å². The predicted molar refractivity (Wildman–Crippen MR) is 144 cm³/mol. The van der Waals surface area contributed by atoms with Crippen LogP contribution < -0.4 is 15.1 Å². The third kappa shape index (κ3) is 6.85. The van der Waals surface area contributed by atoms with Gasteiger partial charge in [0.05, 0.1) is 25.5 Å². The van der Waals surface area contributed by atoms with E-state index in [2.05, 4.69) is 52.2 Å². The highest BCUT2D eigenvalue weighted by Crippen LogP contribution is 2.35. The summed E-state index contributed by atoms with van der Waals surface area (Å²) in [5, 5.41) is 14.6. The number of hydrogen-bond acceptors (Lipinski definition) is 8. The fourth-order valence-electron chi connectivity index (χ4n) is 4.12. The van der Waals surface area contributed by atoms with Gasteiger partial charge in [-0.05, 0) is 49.3 Å². The Morgan fingerprint density at radius 2 is 1.89 bits per heavy atom. The molecule has 1 aliphatic heterocycles. The van der Waals surface area contributed by atoms with Crippen LogP contribution in [-0.2, 0) is 4.84 Å². The first-order valence-corrected chi connectivity index (χ1v) is 12.2. The molecule has 3 aromatic rings. The molecule has 0 spiro atoms. The number of halogens is 1. The van der Waals surface area contributed by atoms with Gasteiger partial charge in [0.2, 0.25) is 5.95 Å². The van der Waals surface area contributed by atoms with Crippen LogP contribution >= 0.6 is 12.4 Å². The molecular formula is C27H33ClN6O2. The number of nitrogens with zero attached hydrogens (tertiary/aromatic N) is 5. The summed E-state index contributed by atoms with van der Waals surface area (Å²) in [4.78, 5) is 17.2. The molecule has 1 aliphatic rings. The molecule has 1 atom stereocenters. The van der Waals surface area contributed by atoms with Crippen molar-refractivity contribution in [3.63, 3.8) is 0 Å². The minimum atomic E-state index is -0.00999. The number of benzene rings is 2. The average Bonchev–Trinajstić information content (AvgIpc) is 3.40. The summed E-state index contributed by atoms with van der Waals surface area (Å²) in [7, 11) is 0. The molecule has 2 aromatic carbocycles. The molecule has 1 fully saturated rings. The number of anilines is 3. The Bertz CT molecular complexity index is 1120. The second kappa shape index (κ2) is 13.6. The normalized spacial score (nSPS) is 14.8. The maximum Gasteiger partial charge on any atom is 0.229 e. The summed E-state index contributed by atoms with van der Waals surface area (Å²) < 4.78 is 5.88. The molecule has 0 aliphatic carbocycles. The van der Waals surface area contributed by atoms with Crippen molar-refractivity contribution in [3.8, 4) is 11.8 Å². The van der Waals surface area contributed by atoms with Crippen molar-refractivity contribution < 1.29 is 9.57 Å². The third-order valence-corrected chi connectivity index (χ3v) is 6.08. The molecule has 0 saturated carbocycles. The molecule has 0 amide bonds. The monoisotopic (exact) mass is 508 g/mol. The van der Waals surface area contributed by atoms with Crippen LogP contribution in [0.25, 0.3) is 0 Å². The lowest BCUT2D eigenvalue weighted by molar-refractivity contribution is 0.156. The lowest BCUT2D eigenvalue weighted by Gasteiger charge is -2.24. The molecule has 1 saturated heterocycles. The van der Waals surface area contributed by atoms with Gasteiger partial charge in [-0.2, -0.15) is 10.2 Å². The lowest BCUT2D eigenvalue weighted by atomic mass is 10.0. The molecule has 4 rings (SSSR count). The highest BCUT2D eigenvalue weighted by molar-refractivity contribution is 5.85. The van der Waals surface area contributed by atoms with Crippen LogP contribution in [0.15, 0.2) is 60.8 Å². The minimum Gasteiger partial charge on any atom is -0.494 e. The summed E-state index contributed by atoms with van der Waals surface area (Å²) in [5.41, 5.74) is 2.32. The van der Waals surface area contributed by atoms with E-state index >= 15 is 0 Å². The second-order valence-corrected chi connectivity index (χ2v) is 8.30. The van der Waals surface area contributed by atoms with E-state index in [4.69, 9.17) is 9.57 Å². The topological polar surface area (TPSA) is 86.5 Å². The number of ether oxygens (including phenoxy) is 1. The van der Waals surface area contributed by atoms with Crippen LogP contribution in [0, 0.1) is 11.3 Å². The van der Waals surface area contributed by atoms with Crippen molar-refractivity contribution in [1.29, 1.82) is 5.26 Å². The summed E-state index contributed by atoms with van der Waals surface area (Å²) >= 11 is 0. The Morgan fingerprint density at radius 1 is 1.14 bits per heavy atom. The zero-order chi connectivity index (χ0) is 24.5. The fourth-order valence-corrected chi connectivity index (χ4v) is 4.12. The number of nitrogens with one attached hydrogen (secondary N) is 1. The second-order valence-electron chi connectivity index (χ2n) is 8.30. The number of hydroxylamine groups is 1. The van der Waals surface area contributed by atoms with Crippen LogP contribution in [0.1, 0.15) is 43.9 Å². The van der Waals surface area contributed by atoms with Gasteiger partial charge in [0, 0.05) is 18.7 Å². The van der Waals surface area contributed by atoms with Gasteiger partial charge >= 0.3 is 0 Å². The molecule has 1 aromatic heterocycles. The van der Waals surface area contributed by atoms with Crippen molar-refractivity contribution in [2.45, 2.75) is 32.7 Å². The van der Waals surface area contributed by atoms with Crippen LogP contribution in [0.2, 0.25) is 0 Å². The zero-order valence-corrected chi connectivity index (χ0v) is 21.6. The molecule has 0 bridgehead atoms. The van der Waals surface area contributed by atoms with Crippen molar-refractivity contribution in [1.82, 2.24) is 14.9 Å². The van der Waals surface area contributed by atoms with E-state index in [0.717, 1.165) is 49.5 Å². The van der Waals surface area contributed by atoms with Crippen LogP contribution in [0.4, 0.5) is 17.5 Å². The lowest BCUT2D eigenvalue weighted by Crippen LogP contribution is -2.25. The third-order valence-electron chi connectivity index (χ3n) is 6.08. The highest BCUT2D eigenvalue weighted by Gasteiger charge is 2.31. The molecule has 36 heavy (non-hydrogen) atoms. The van der Waals surface area contributed by atoms with E-state index in [1.54, 1.807) is 5.06 Å². The van der Waals surface area contributed by atoms with E-state index in [0.29, 0.717) is 30.5 Å². The molecule has 1 unspecified atom stereocenters. The van der Waals surface area contributed by atoms with Gasteiger partial charge in [0.1, 0.15) is 17.4 Å². The van der Waals surface area contributed by atoms with E-state index in [9.17, 15) is 5.26 Å². The predicted octanol–water partition coefficient (Wildman–Crippen LogP) is 5.51. The summed E-state index contributed by atoms with van der Waals surface area (Å²) in [6, 6.07) is 20.0. The van der Waals surface area contributed by atoms with E-state index < -0.39 is 0 Å². The van der Waals surface area contributed by atoms with Gasteiger partial charge in [-0.1, -0.05) is 44.2 Å². The molecule has 8 nitrogen and oxygen atoms in total. The molecule has 0 radical (unpaired) electrons. The maximum absolute atomic E-state index is 9.64. The smallest absolute Gasteiger partial charge is 0.229 e. The van der Waals surface area contributed by atoms with Crippen LogP contribution in [0.5, 0.6) is 5.75 Å².